The molecule has 1 aliphatic rings. The minimum absolute atomic E-state index is 0.113. The number of carboxylic acid groups (broad SMARTS) is 1. The molecule has 5 nitrogen and oxygen atoms in total. The number of allylic oxidation sites excluding steroid dienone is 2. The van der Waals surface area contributed by atoms with Gasteiger partial charge in [-0.2, -0.15) is 13.2 Å². The molecule has 2 N–H and O–H groups in total. The van der Waals surface area contributed by atoms with Gasteiger partial charge in [0.25, 0.3) is 0 Å². The molecule has 0 fully saturated rings. The molecule has 1 aliphatic heterocycles. The minimum atomic E-state index is -4.72. The van der Waals surface area contributed by atoms with Crippen molar-refractivity contribution < 1.29 is 32.6 Å². The lowest BCUT2D eigenvalue weighted by molar-refractivity contribution is -0.145. The molecule has 0 amide bonds. The summed E-state index contributed by atoms with van der Waals surface area (Å²) in [6.07, 6.45) is 4.58. The van der Waals surface area contributed by atoms with Gasteiger partial charge in [-0.15, -0.1) is 0 Å². The molecule has 2 atom stereocenters. The van der Waals surface area contributed by atoms with Gasteiger partial charge in [0, 0.05) is 11.4 Å². The summed E-state index contributed by atoms with van der Waals surface area (Å²) >= 11 is 0. The van der Waals surface area contributed by atoms with Crippen molar-refractivity contribution in [3.63, 3.8) is 0 Å². The summed E-state index contributed by atoms with van der Waals surface area (Å²) < 4.78 is 47.2. The zero-order chi connectivity index (χ0) is 26.9. The number of carboxylic acids is 1. The van der Waals surface area contributed by atoms with Gasteiger partial charge < -0.3 is 15.2 Å². The number of aliphatic carboxylic acids is 1. The predicted molar refractivity (Wildman–Crippen MR) is 133 cm³/mol. The van der Waals surface area contributed by atoms with Crippen LogP contribution in [0.1, 0.15) is 103 Å². The Kier molecular flexibility index (Phi) is 11.1. The van der Waals surface area contributed by atoms with E-state index in [0.717, 1.165) is 25.3 Å². The van der Waals surface area contributed by atoms with Crippen molar-refractivity contribution in [1.29, 1.82) is 0 Å². The smallest absolute Gasteiger partial charge is 0.416 e. The molecule has 0 saturated heterocycles. The van der Waals surface area contributed by atoms with Gasteiger partial charge in [0.1, 0.15) is 0 Å². The summed E-state index contributed by atoms with van der Waals surface area (Å²) in [7, 11) is 0. The number of alkyl halides is 3. The minimum Gasteiger partial charge on any atom is -0.478 e. The number of halogens is 3. The summed E-state index contributed by atoms with van der Waals surface area (Å²) in [5.74, 6) is -3.61. The van der Waals surface area contributed by atoms with Crippen molar-refractivity contribution >= 4 is 11.9 Å². The average Bonchev–Trinajstić information content (AvgIpc) is 2.79. The van der Waals surface area contributed by atoms with E-state index < -0.39 is 35.7 Å². The van der Waals surface area contributed by atoms with Crippen LogP contribution in [0.25, 0.3) is 0 Å². The van der Waals surface area contributed by atoms with Gasteiger partial charge in [-0.25, -0.2) is 9.59 Å². The maximum absolute atomic E-state index is 13.8. The maximum atomic E-state index is 13.8. The lowest BCUT2D eigenvalue weighted by Gasteiger charge is -2.31. The van der Waals surface area contributed by atoms with Crippen LogP contribution in [0.4, 0.5) is 13.2 Å². The fourth-order valence-corrected chi connectivity index (χ4v) is 4.74. The number of hydrogen-bond donors (Lipinski definition) is 2. The molecule has 1 aromatic rings. The van der Waals surface area contributed by atoms with E-state index in [-0.39, 0.29) is 28.1 Å². The summed E-state index contributed by atoms with van der Waals surface area (Å²) in [5, 5.41) is 12.7. The number of esters is 1. The molecule has 0 saturated carbocycles. The first-order chi connectivity index (χ1) is 17.0. The number of unbranched alkanes of at least 4 members (excludes halogenated alkanes) is 7. The van der Waals surface area contributed by atoms with Gasteiger partial charge in [0.2, 0.25) is 0 Å². The van der Waals surface area contributed by atoms with E-state index in [2.05, 4.69) is 12.2 Å². The van der Waals surface area contributed by atoms with E-state index in [1.165, 1.54) is 57.2 Å². The van der Waals surface area contributed by atoms with Crippen LogP contribution in [0.3, 0.4) is 0 Å². The van der Waals surface area contributed by atoms with Gasteiger partial charge in [0.05, 0.1) is 28.7 Å². The van der Waals surface area contributed by atoms with Crippen LogP contribution in [0.15, 0.2) is 46.8 Å². The first kappa shape index (κ1) is 29.5. The van der Waals surface area contributed by atoms with Crippen molar-refractivity contribution in [2.24, 2.45) is 0 Å². The summed E-state index contributed by atoms with van der Waals surface area (Å²) in [6, 6.07) is 4.77. The topological polar surface area (TPSA) is 75.6 Å². The summed E-state index contributed by atoms with van der Waals surface area (Å²) in [4.78, 5) is 25.4. The van der Waals surface area contributed by atoms with Crippen LogP contribution >= 0.6 is 0 Å². The third-order valence-electron chi connectivity index (χ3n) is 6.56. The van der Waals surface area contributed by atoms with E-state index in [1.54, 1.807) is 13.8 Å². The largest absolute Gasteiger partial charge is 0.478 e. The highest BCUT2D eigenvalue weighted by molar-refractivity contribution is 5.99. The fraction of sp³-hybridized carbons (Fsp3) is 0.571. The van der Waals surface area contributed by atoms with Gasteiger partial charge in [-0.1, -0.05) is 70.1 Å². The van der Waals surface area contributed by atoms with E-state index in [0.29, 0.717) is 6.42 Å². The molecule has 200 valence electrons. The Hall–Kier alpha value is -2.77. The number of carbonyl (C=O) groups excluding carboxylic acids is 1. The monoisotopic (exact) mass is 509 g/mol. The second-order valence-corrected chi connectivity index (χ2v) is 9.50. The van der Waals surface area contributed by atoms with E-state index in [4.69, 9.17) is 4.74 Å². The number of carbonyl (C=O) groups is 2. The van der Waals surface area contributed by atoms with Gasteiger partial charge in [-0.3, -0.25) is 0 Å². The van der Waals surface area contributed by atoms with E-state index >= 15 is 0 Å². The average molecular weight is 510 g/mol. The van der Waals surface area contributed by atoms with Crippen molar-refractivity contribution in [3.05, 3.63) is 57.9 Å². The molecule has 0 aliphatic carbocycles. The Morgan fingerprint density at radius 2 is 1.53 bits per heavy atom. The number of rotatable bonds is 13. The van der Waals surface area contributed by atoms with Gasteiger partial charge in [-0.05, 0) is 45.2 Å². The second-order valence-electron chi connectivity index (χ2n) is 9.50. The first-order valence-electron chi connectivity index (χ1n) is 12.8. The molecule has 0 bridgehead atoms. The van der Waals surface area contributed by atoms with Crippen LogP contribution in [-0.4, -0.2) is 23.1 Å². The van der Waals surface area contributed by atoms with Crippen LogP contribution in [0.2, 0.25) is 0 Å². The Morgan fingerprint density at radius 1 is 0.972 bits per heavy atom. The normalized spacial score (nSPS) is 17.1. The molecule has 0 aromatic heterocycles. The van der Waals surface area contributed by atoms with Crippen molar-refractivity contribution in [2.75, 3.05) is 0 Å². The first-order valence-corrected chi connectivity index (χ1v) is 12.8. The summed E-state index contributed by atoms with van der Waals surface area (Å²) in [5.41, 5.74) is -1.22. The molecule has 1 aromatic carbocycles. The Morgan fingerprint density at radius 3 is 2.11 bits per heavy atom. The Balaban J connectivity index is 2.20. The highest BCUT2D eigenvalue weighted by Crippen LogP contribution is 2.44. The summed E-state index contributed by atoms with van der Waals surface area (Å²) in [6.45, 7) is 6.96. The number of ether oxygens (including phenoxy) is 1. The van der Waals surface area contributed by atoms with Crippen molar-refractivity contribution in [2.45, 2.75) is 104 Å². The number of dihydropyridines is 1. The molecule has 0 spiro atoms. The van der Waals surface area contributed by atoms with E-state index in [9.17, 15) is 27.9 Å². The van der Waals surface area contributed by atoms with Gasteiger partial charge in [0.15, 0.2) is 0 Å². The standard InChI is InChI=1S/C28H38F3NO4/c1-5-6-7-8-9-10-11-12-15-18(2)36-27(35)24-20(4)32-19(3)23(26(33)34)25(24)21-16-13-14-17-22(21)28(29,30)31/h13-14,16-18,25,32H,5-12,15H2,1-4H3,(H,33,34). The van der Waals surface area contributed by atoms with Crippen LogP contribution in [-0.2, 0) is 20.5 Å². The number of benzene rings is 1. The number of nitrogens with one attached hydrogen (secondary N) is 1. The van der Waals surface area contributed by atoms with Crippen LogP contribution in [0.5, 0.6) is 0 Å². The van der Waals surface area contributed by atoms with Crippen molar-refractivity contribution in [3.8, 4) is 0 Å². The lowest BCUT2D eigenvalue weighted by Crippen LogP contribution is -2.33. The molecular weight excluding hydrogens is 471 g/mol. The quantitative estimate of drug-likeness (QED) is 0.213. The Labute approximate surface area is 211 Å². The third-order valence-corrected chi connectivity index (χ3v) is 6.56. The van der Waals surface area contributed by atoms with Crippen LogP contribution in [0, 0.1) is 0 Å². The highest BCUT2D eigenvalue weighted by Gasteiger charge is 2.42. The molecule has 36 heavy (non-hydrogen) atoms. The highest BCUT2D eigenvalue weighted by atomic mass is 19.4. The molecule has 0 radical (unpaired) electrons. The number of hydrogen-bond acceptors (Lipinski definition) is 4. The SMILES string of the molecule is CCCCCCCCCCC(C)OC(=O)C1=C(C)NC(C)=C(C(=O)O)C1c1ccccc1C(F)(F)F. The fourth-order valence-electron chi connectivity index (χ4n) is 4.74. The third kappa shape index (κ3) is 7.87. The zero-order valence-corrected chi connectivity index (χ0v) is 21.6. The molecule has 1 heterocycles. The maximum Gasteiger partial charge on any atom is 0.416 e. The van der Waals surface area contributed by atoms with Crippen LogP contribution < -0.4 is 5.32 Å². The van der Waals surface area contributed by atoms with Gasteiger partial charge >= 0.3 is 18.1 Å². The zero-order valence-electron chi connectivity index (χ0n) is 21.6. The molecular formula is C28H38F3NO4. The molecule has 2 unspecified atom stereocenters. The molecule has 2 rings (SSSR count). The molecule has 8 heteroatoms. The van der Waals surface area contributed by atoms with E-state index in [1.807, 2.05) is 0 Å². The van der Waals surface area contributed by atoms with Crippen molar-refractivity contribution in [1.82, 2.24) is 5.32 Å². The predicted octanol–water partition coefficient (Wildman–Crippen LogP) is 7.49. The Bertz CT molecular complexity index is 981. The lowest BCUT2D eigenvalue weighted by atomic mass is 9.78. The second kappa shape index (κ2) is 13.5.